The van der Waals surface area contributed by atoms with Crippen LogP contribution in [0.25, 0.3) is 0 Å². The SMILES string of the molecule is C=CCN1CC(C(=O)OCC)=C(C(=O)OCC)N(CC=C)C1. The van der Waals surface area contributed by atoms with Gasteiger partial charge in [-0.15, -0.1) is 13.2 Å². The van der Waals surface area contributed by atoms with Gasteiger partial charge in [0.2, 0.25) is 0 Å². The maximum atomic E-state index is 12.3. The van der Waals surface area contributed by atoms with E-state index in [2.05, 4.69) is 13.2 Å². The summed E-state index contributed by atoms with van der Waals surface area (Å²) in [7, 11) is 0. The first-order valence-electron chi connectivity index (χ1n) is 7.35. The van der Waals surface area contributed by atoms with Crippen LogP contribution in [0.3, 0.4) is 0 Å². The normalized spacial score (nSPS) is 15.5. The van der Waals surface area contributed by atoms with Crippen LogP contribution in [0.15, 0.2) is 36.6 Å². The molecule has 0 aromatic heterocycles. The lowest BCUT2D eigenvalue weighted by molar-refractivity contribution is -0.144. The van der Waals surface area contributed by atoms with Gasteiger partial charge in [-0.25, -0.2) is 9.59 Å². The van der Waals surface area contributed by atoms with E-state index >= 15 is 0 Å². The predicted molar refractivity (Wildman–Crippen MR) is 83.8 cm³/mol. The highest BCUT2D eigenvalue weighted by Gasteiger charge is 2.33. The van der Waals surface area contributed by atoms with Gasteiger partial charge in [0.15, 0.2) is 0 Å². The standard InChI is InChI=1S/C16H24N2O4/c1-5-9-17-11-13(15(19)21-7-3)14(16(20)22-8-4)18(12-17)10-6-2/h5-6H,1-2,7-12H2,3-4H3. The number of rotatable bonds is 8. The molecule has 0 amide bonds. The molecule has 0 bridgehead atoms. The highest BCUT2D eigenvalue weighted by atomic mass is 16.5. The molecule has 0 saturated carbocycles. The average molecular weight is 308 g/mol. The third-order valence-corrected chi connectivity index (χ3v) is 3.08. The Morgan fingerprint density at radius 3 is 2.23 bits per heavy atom. The Morgan fingerprint density at radius 1 is 1.09 bits per heavy atom. The minimum Gasteiger partial charge on any atom is -0.463 e. The van der Waals surface area contributed by atoms with Crippen molar-refractivity contribution in [1.82, 2.24) is 9.80 Å². The first-order valence-corrected chi connectivity index (χ1v) is 7.35. The molecule has 0 atom stereocenters. The highest BCUT2D eigenvalue weighted by molar-refractivity contribution is 6.00. The number of carbonyl (C=O) groups excluding carboxylic acids is 2. The van der Waals surface area contributed by atoms with Crippen LogP contribution in [0.2, 0.25) is 0 Å². The molecule has 1 aliphatic rings. The van der Waals surface area contributed by atoms with E-state index in [0.29, 0.717) is 31.9 Å². The molecular formula is C16H24N2O4. The zero-order valence-corrected chi connectivity index (χ0v) is 13.3. The Labute approximate surface area is 131 Å². The molecular weight excluding hydrogens is 284 g/mol. The molecule has 1 heterocycles. The Bertz CT molecular complexity index is 471. The third kappa shape index (κ3) is 4.46. The van der Waals surface area contributed by atoms with E-state index in [1.807, 2.05) is 4.90 Å². The highest BCUT2D eigenvalue weighted by Crippen LogP contribution is 2.21. The van der Waals surface area contributed by atoms with Gasteiger partial charge in [0, 0.05) is 19.6 Å². The third-order valence-electron chi connectivity index (χ3n) is 3.08. The van der Waals surface area contributed by atoms with Gasteiger partial charge in [0.05, 0.1) is 25.5 Å². The minimum atomic E-state index is -0.509. The molecule has 0 aromatic rings. The van der Waals surface area contributed by atoms with Gasteiger partial charge in [0.1, 0.15) is 5.70 Å². The zero-order valence-electron chi connectivity index (χ0n) is 13.3. The summed E-state index contributed by atoms with van der Waals surface area (Å²) < 4.78 is 10.2. The minimum absolute atomic E-state index is 0.247. The fourth-order valence-corrected chi connectivity index (χ4v) is 2.29. The smallest absolute Gasteiger partial charge is 0.355 e. The molecule has 6 nitrogen and oxygen atoms in total. The van der Waals surface area contributed by atoms with Crippen molar-refractivity contribution in [3.8, 4) is 0 Å². The molecule has 1 aliphatic heterocycles. The van der Waals surface area contributed by atoms with Gasteiger partial charge >= 0.3 is 11.9 Å². The Kier molecular flexibility index (Phi) is 7.39. The van der Waals surface area contributed by atoms with Crippen LogP contribution >= 0.6 is 0 Å². The quantitative estimate of drug-likeness (QED) is 0.498. The van der Waals surface area contributed by atoms with Gasteiger partial charge in [-0.3, -0.25) is 4.90 Å². The number of esters is 2. The summed E-state index contributed by atoms with van der Waals surface area (Å²) in [5.41, 5.74) is 0.579. The van der Waals surface area contributed by atoms with Crippen molar-refractivity contribution < 1.29 is 19.1 Å². The first-order chi connectivity index (χ1) is 10.6. The van der Waals surface area contributed by atoms with Crippen LogP contribution in [-0.2, 0) is 19.1 Å². The van der Waals surface area contributed by atoms with Crippen LogP contribution in [-0.4, -0.2) is 61.3 Å². The summed E-state index contributed by atoms with van der Waals surface area (Å²) in [6.45, 7) is 13.2. The fourth-order valence-electron chi connectivity index (χ4n) is 2.29. The Balaban J connectivity index is 3.23. The van der Waals surface area contributed by atoms with E-state index in [1.54, 1.807) is 30.9 Å². The largest absolute Gasteiger partial charge is 0.463 e. The molecule has 0 aliphatic carbocycles. The van der Waals surface area contributed by atoms with E-state index in [0.717, 1.165) is 0 Å². The van der Waals surface area contributed by atoms with Crippen molar-refractivity contribution in [1.29, 1.82) is 0 Å². The van der Waals surface area contributed by atoms with E-state index in [9.17, 15) is 9.59 Å². The van der Waals surface area contributed by atoms with Crippen molar-refractivity contribution in [3.05, 3.63) is 36.6 Å². The van der Waals surface area contributed by atoms with Crippen LogP contribution < -0.4 is 0 Å². The van der Waals surface area contributed by atoms with Crippen LogP contribution in [0.5, 0.6) is 0 Å². The second kappa shape index (κ2) is 9.04. The molecule has 0 N–H and O–H groups in total. The van der Waals surface area contributed by atoms with Gasteiger partial charge < -0.3 is 14.4 Å². The molecule has 0 aromatic carbocycles. The monoisotopic (exact) mass is 308 g/mol. The molecule has 122 valence electrons. The van der Waals surface area contributed by atoms with Crippen molar-refractivity contribution in [2.24, 2.45) is 0 Å². The molecule has 0 saturated heterocycles. The van der Waals surface area contributed by atoms with Crippen molar-refractivity contribution in [3.63, 3.8) is 0 Å². The van der Waals surface area contributed by atoms with Crippen LogP contribution in [0, 0.1) is 0 Å². The van der Waals surface area contributed by atoms with E-state index < -0.39 is 11.9 Å². The lowest BCUT2D eigenvalue weighted by Crippen LogP contribution is -2.47. The van der Waals surface area contributed by atoms with E-state index in [4.69, 9.17) is 9.47 Å². The van der Waals surface area contributed by atoms with Crippen molar-refractivity contribution in [2.45, 2.75) is 13.8 Å². The lowest BCUT2D eigenvalue weighted by atomic mass is 10.1. The summed E-state index contributed by atoms with van der Waals surface area (Å²) in [6.07, 6.45) is 3.43. The second-order valence-corrected chi connectivity index (χ2v) is 4.72. The topological polar surface area (TPSA) is 59.1 Å². The number of ether oxygens (including phenoxy) is 2. The summed E-state index contributed by atoms with van der Waals surface area (Å²) in [5, 5.41) is 0. The maximum Gasteiger partial charge on any atom is 0.355 e. The number of hydrogen-bond acceptors (Lipinski definition) is 6. The van der Waals surface area contributed by atoms with Crippen LogP contribution in [0.4, 0.5) is 0 Å². The summed E-state index contributed by atoms with van der Waals surface area (Å²) >= 11 is 0. The molecule has 6 heteroatoms. The lowest BCUT2D eigenvalue weighted by Gasteiger charge is -2.37. The van der Waals surface area contributed by atoms with E-state index in [1.165, 1.54) is 0 Å². The number of nitrogens with zero attached hydrogens (tertiary/aromatic N) is 2. The predicted octanol–water partition coefficient (Wildman–Crippen LogP) is 1.31. The Hall–Kier alpha value is -2.08. The zero-order chi connectivity index (χ0) is 16.5. The van der Waals surface area contributed by atoms with Crippen molar-refractivity contribution >= 4 is 11.9 Å². The summed E-state index contributed by atoms with van der Waals surface area (Å²) in [6, 6.07) is 0. The van der Waals surface area contributed by atoms with E-state index in [-0.39, 0.29) is 18.9 Å². The fraction of sp³-hybridized carbons (Fsp3) is 0.500. The Morgan fingerprint density at radius 2 is 1.68 bits per heavy atom. The van der Waals surface area contributed by atoms with Gasteiger partial charge in [-0.1, -0.05) is 12.2 Å². The average Bonchev–Trinajstić information content (AvgIpc) is 2.48. The maximum absolute atomic E-state index is 12.3. The van der Waals surface area contributed by atoms with Crippen LogP contribution in [0.1, 0.15) is 13.8 Å². The van der Waals surface area contributed by atoms with Gasteiger partial charge in [0.25, 0.3) is 0 Å². The van der Waals surface area contributed by atoms with Gasteiger partial charge in [-0.2, -0.15) is 0 Å². The van der Waals surface area contributed by atoms with Crippen molar-refractivity contribution in [2.75, 3.05) is 39.5 Å². The molecule has 0 spiro atoms. The van der Waals surface area contributed by atoms with Gasteiger partial charge in [-0.05, 0) is 13.8 Å². The first kappa shape index (κ1) is 18.0. The molecule has 0 unspecified atom stereocenters. The molecule has 1 rings (SSSR count). The number of hydrogen-bond donors (Lipinski definition) is 0. The molecule has 22 heavy (non-hydrogen) atoms. The summed E-state index contributed by atoms with van der Waals surface area (Å²) in [5.74, 6) is -1.00. The molecule has 0 fully saturated rings. The molecule has 0 radical (unpaired) electrons. The number of carbonyl (C=O) groups is 2. The summed E-state index contributed by atoms with van der Waals surface area (Å²) in [4.78, 5) is 28.2. The second-order valence-electron chi connectivity index (χ2n) is 4.72.